The molecule has 7 heteroatoms. The zero-order chi connectivity index (χ0) is 17.9. The van der Waals surface area contributed by atoms with Gasteiger partial charge in [-0.05, 0) is 24.5 Å². The summed E-state index contributed by atoms with van der Waals surface area (Å²) in [6.07, 6.45) is 9.32. The minimum atomic E-state index is 0.00950. The van der Waals surface area contributed by atoms with E-state index < -0.39 is 0 Å². The number of hydrogen-bond acceptors (Lipinski definition) is 6. The number of ether oxygens (including phenoxy) is 1. The fourth-order valence-corrected chi connectivity index (χ4v) is 4.12. The molecule has 4 rings (SSSR count). The first-order chi connectivity index (χ1) is 12.7. The number of piperidine rings is 1. The van der Waals surface area contributed by atoms with Crippen molar-refractivity contribution >= 4 is 11.9 Å². The van der Waals surface area contributed by atoms with Crippen molar-refractivity contribution in [1.82, 2.24) is 19.9 Å². The molecule has 2 aliphatic rings. The maximum atomic E-state index is 12.8. The van der Waals surface area contributed by atoms with Gasteiger partial charge in [-0.2, -0.15) is 0 Å². The van der Waals surface area contributed by atoms with Crippen molar-refractivity contribution in [1.29, 1.82) is 0 Å². The first-order valence-electron chi connectivity index (χ1n) is 9.01. The highest BCUT2D eigenvalue weighted by molar-refractivity contribution is 5.93. The van der Waals surface area contributed by atoms with Crippen LogP contribution < -0.4 is 5.32 Å². The normalized spacial score (nSPS) is 24.5. The average Bonchev–Trinajstić information content (AvgIpc) is 2.94. The standard InChI is InChI=1S/C19H23N5O2/c1-26-17-14-4-5-15(17)12-24(11-14)18(25)16-9-22-19(23-10-16)21-8-13-3-2-6-20-7-13/h2-3,6-7,9-10,14-15,17H,4-5,8,11-12H2,1H3,(H,21,22,23)/t14-,15+,17?. The van der Waals surface area contributed by atoms with E-state index in [0.717, 1.165) is 31.5 Å². The number of likely N-dealkylation sites (tertiary alicyclic amines) is 1. The Hall–Kier alpha value is -2.54. The summed E-state index contributed by atoms with van der Waals surface area (Å²) in [5.74, 6) is 1.41. The van der Waals surface area contributed by atoms with Gasteiger partial charge in [0.05, 0.1) is 11.7 Å². The van der Waals surface area contributed by atoms with E-state index in [4.69, 9.17) is 4.74 Å². The topological polar surface area (TPSA) is 80.2 Å². The van der Waals surface area contributed by atoms with Gasteiger partial charge in [-0.25, -0.2) is 9.97 Å². The van der Waals surface area contributed by atoms with E-state index in [1.54, 1.807) is 31.9 Å². The Morgan fingerprint density at radius 3 is 2.58 bits per heavy atom. The summed E-state index contributed by atoms with van der Waals surface area (Å²) in [5.41, 5.74) is 1.58. The predicted octanol–water partition coefficient (Wildman–Crippen LogP) is 1.98. The van der Waals surface area contributed by atoms with Crippen LogP contribution >= 0.6 is 0 Å². The molecule has 3 heterocycles. The fraction of sp³-hybridized carbons (Fsp3) is 0.474. The number of carbonyl (C=O) groups excluding carboxylic acids is 1. The number of aromatic nitrogens is 3. The summed E-state index contributed by atoms with van der Waals surface area (Å²) >= 11 is 0. The Balaban J connectivity index is 1.37. The van der Waals surface area contributed by atoms with Crippen LogP contribution in [-0.2, 0) is 11.3 Å². The Morgan fingerprint density at radius 2 is 1.96 bits per heavy atom. The van der Waals surface area contributed by atoms with E-state index >= 15 is 0 Å². The van der Waals surface area contributed by atoms with Crippen LogP contribution in [-0.4, -0.2) is 52.1 Å². The third-order valence-corrected chi connectivity index (χ3v) is 5.38. The van der Waals surface area contributed by atoms with Crippen LogP contribution in [0, 0.1) is 11.8 Å². The van der Waals surface area contributed by atoms with E-state index in [9.17, 15) is 4.79 Å². The minimum absolute atomic E-state index is 0.00950. The maximum absolute atomic E-state index is 12.8. The van der Waals surface area contributed by atoms with Gasteiger partial charge >= 0.3 is 0 Å². The first kappa shape index (κ1) is 16.9. The zero-order valence-corrected chi connectivity index (χ0v) is 14.8. The SMILES string of the molecule is COC1[C@@H]2CC[C@H]1CN(C(=O)c1cnc(NCc3cccnc3)nc1)C2. The van der Waals surface area contributed by atoms with Crippen molar-refractivity contribution in [2.45, 2.75) is 25.5 Å². The van der Waals surface area contributed by atoms with Crippen LogP contribution in [0.3, 0.4) is 0 Å². The van der Waals surface area contributed by atoms with Crippen molar-refractivity contribution in [3.05, 3.63) is 48.0 Å². The molecule has 1 saturated carbocycles. The molecule has 0 aromatic carbocycles. The average molecular weight is 353 g/mol. The molecule has 2 aromatic heterocycles. The molecular weight excluding hydrogens is 330 g/mol. The molecule has 1 amide bonds. The molecule has 1 N–H and O–H groups in total. The van der Waals surface area contributed by atoms with Crippen molar-refractivity contribution in [3.8, 4) is 0 Å². The highest BCUT2D eigenvalue weighted by Gasteiger charge is 2.43. The third-order valence-electron chi connectivity index (χ3n) is 5.38. The highest BCUT2D eigenvalue weighted by atomic mass is 16.5. The van der Waals surface area contributed by atoms with Crippen molar-refractivity contribution in [3.63, 3.8) is 0 Å². The molecule has 0 radical (unpaired) electrons. The summed E-state index contributed by atoms with van der Waals surface area (Å²) in [7, 11) is 1.78. The molecule has 2 aromatic rings. The Morgan fingerprint density at radius 1 is 1.23 bits per heavy atom. The molecule has 136 valence electrons. The number of carbonyl (C=O) groups is 1. The van der Waals surface area contributed by atoms with Crippen LogP contribution in [0.2, 0.25) is 0 Å². The second-order valence-electron chi connectivity index (χ2n) is 7.02. The molecule has 3 atom stereocenters. The van der Waals surface area contributed by atoms with E-state index in [-0.39, 0.29) is 5.91 Å². The molecule has 2 fully saturated rings. The summed E-state index contributed by atoms with van der Waals surface area (Å²) in [6.45, 7) is 2.11. The lowest BCUT2D eigenvalue weighted by Crippen LogP contribution is -2.48. The van der Waals surface area contributed by atoms with E-state index in [1.807, 2.05) is 17.0 Å². The van der Waals surface area contributed by atoms with Gasteiger partial charge in [-0.15, -0.1) is 0 Å². The number of fused-ring (bicyclic) bond motifs is 2. The molecule has 2 bridgehead atoms. The van der Waals surface area contributed by atoms with Gasteiger partial charge in [0.15, 0.2) is 0 Å². The number of anilines is 1. The summed E-state index contributed by atoms with van der Waals surface area (Å²) < 4.78 is 5.62. The molecule has 1 saturated heterocycles. The van der Waals surface area contributed by atoms with Gasteiger partial charge in [-0.3, -0.25) is 9.78 Å². The summed E-state index contributed by atoms with van der Waals surface area (Å²) in [4.78, 5) is 27.3. The molecule has 7 nitrogen and oxygen atoms in total. The molecule has 1 aliphatic carbocycles. The second kappa shape index (κ2) is 7.37. The van der Waals surface area contributed by atoms with Gasteiger partial charge in [0.2, 0.25) is 5.95 Å². The van der Waals surface area contributed by atoms with E-state index in [2.05, 4.69) is 20.3 Å². The summed E-state index contributed by atoms with van der Waals surface area (Å²) in [5, 5.41) is 3.14. The Kier molecular flexibility index (Phi) is 4.79. The van der Waals surface area contributed by atoms with Crippen molar-refractivity contribution < 1.29 is 9.53 Å². The smallest absolute Gasteiger partial charge is 0.257 e. The summed E-state index contributed by atoms with van der Waals surface area (Å²) in [6, 6.07) is 3.87. The lowest BCUT2D eigenvalue weighted by molar-refractivity contribution is -0.0113. The molecular formula is C19H23N5O2. The highest BCUT2D eigenvalue weighted by Crippen LogP contribution is 2.38. The molecule has 26 heavy (non-hydrogen) atoms. The Bertz CT molecular complexity index is 738. The number of pyridine rings is 1. The van der Waals surface area contributed by atoms with Crippen molar-refractivity contribution in [2.75, 3.05) is 25.5 Å². The van der Waals surface area contributed by atoms with Gasteiger partial charge in [-0.1, -0.05) is 6.07 Å². The monoisotopic (exact) mass is 353 g/mol. The lowest BCUT2D eigenvalue weighted by Gasteiger charge is -2.37. The van der Waals surface area contributed by atoms with Gasteiger partial charge in [0, 0.05) is 63.4 Å². The largest absolute Gasteiger partial charge is 0.381 e. The van der Waals surface area contributed by atoms with Gasteiger partial charge < -0.3 is 15.0 Å². The molecule has 0 spiro atoms. The number of nitrogens with zero attached hydrogens (tertiary/aromatic N) is 4. The second-order valence-corrected chi connectivity index (χ2v) is 7.02. The van der Waals surface area contributed by atoms with Crippen LogP contribution in [0.5, 0.6) is 0 Å². The Labute approximate surface area is 152 Å². The third kappa shape index (κ3) is 3.39. The molecule has 1 unspecified atom stereocenters. The predicted molar refractivity (Wildman–Crippen MR) is 96.5 cm³/mol. The van der Waals surface area contributed by atoms with Crippen LogP contribution in [0.1, 0.15) is 28.8 Å². The van der Waals surface area contributed by atoms with Crippen LogP contribution in [0.25, 0.3) is 0 Å². The number of rotatable bonds is 5. The van der Waals surface area contributed by atoms with E-state index in [0.29, 0.717) is 36.0 Å². The van der Waals surface area contributed by atoms with Gasteiger partial charge in [0.25, 0.3) is 5.91 Å². The lowest BCUT2D eigenvalue weighted by atomic mass is 9.94. The van der Waals surface area contributed by atoms with Gasteiger partial charge in [0.1, 0.15) is 0 Å². The molecule has 1 aliphatic heterocycles. The maximum Gasteiger partial charge on any atom is 0.257 e. The first-order valence-corrected chi connectivity index (χ1v) is 9.01. The number of hydrogen-bond donors (Lipinski definition) is 1. The van der Waals surface area contributed by atoms with Crippen LogP contribution in [0.15, 0.2) is 36.9 Å². The van der Waals surface area contributed by atoms with E-state index in [1.165, 1.54) is 0 Å². The van der Waals surface area contributed by atoms with Crippen molar-refractivity contribution in [2.24, 2.45) is 11.8 Å². The number of amides is 1. The number of nitrogens with one attached hydrogen (secondary N) is 1. The zero-order valence-electron chi connectivity index (χ0n) is 14.8. The quantitative estimate of drug-likeness (QED) is 0.885. The minimum Gasteiger partial charge on any atom is -0.381 e. The van der Waals surface area contributed by atoms with Crippen LogP contribution in [0.4, 0.5) is 5.95 Å². The number of methoxy groups -OCH3 is 1. The fourth-order valence-electron chi connectivity index (χ4n) is 4.12.